The average molecular weight is 378 g/mol. The van der Waals surface area contributed by atoms with E-state index in [1.54, 1.807) is 11.3 Å². The number of carbonyl (C=O) groups excluding carboxylic acids is 1. The third kappa shape index (κ3) is 4.62. The molecule has 2 aromatic carbocycles. The van der Waals surface area contributed by atoms with Crippen molar-refractivity contribution >= 4 is 17.2 Å². The second-order valence-corrected chi connectivity index (χ2v) is 7.80. The maximum Gasteiger partial charge on any atom is 0.251 e. The Kier molecular flexibility index (Phi) is 5.61. The summed E-state index contributed by atoms with van der Waals surface area (Å²) in [5, 5.41) is 5.94. The highest BCUT2D eigenvalue weighted by Crippen LogP contribution is 2.21. The highest BCUT2D eigenvalue weighted by atomic mass is 32.1. The van der Waals surface area contributed by atoms with E-state index in [0.717, 1.165) is 35.9 Å². The van der Waals surface area contributed by atoms with Gasteiger partial charge in [0.15, 0.2) is 0 Å². The number of carbonyl (C=O) groups is 1. The lowest BCUT2D eigenvalue weighted by Gasteiger charge is -2.15. The molecule has 138 valence electrons. The Morgan fingerprint density at radius 2 is 1.89 bits per heavy atom. The highest BCUT2D eigenvalue weighted by molar-refractivity contribution is 7.09. The van der Waals surface area contributed by atoms with Crippen LogP contribution in [0.2, 0.25) is 0 Å². The number of nitrogens with zero attached hydrogens (tertiary/aromatic N) is 2. The Labute approximate surface area is 163 Å². The monoisotopic (exact) mass is 377 g/mol. The number of rotatable bonds is 6. The second-order valence-electron chi connectivity index (χ2n) is 6.86. The van der Waals surface area contributed by atoms with Crippen LogP contribution in [0.25, 0.3) is 11.3 Å². The summed E-state index contributed by atoms with van der Waals surface area (Å²) < 4.78 is 0. The summed E-state index contributed by atoms with van der Waals surface area (Å²) >= 11 is 1.57. The van der Waals surface area contributed by atoms with Gasteiger partial charge < -0.3 is 5.32 Å². The normalized spacial score (nSPS) is 14.4. The fourth-order valence-corrected chi connectivity index (χ4v) is 4.14. The molecule has 1 aliphatic rings. The van der Waals surface area contributed by atoms with Crippen LogP contribution in [0.15, 0.2) is 60.0 Å². The van der Waals surface area contributed by atoms with Gasteiger partial charge >= 0.3 is 0 Å². The van der Waals surface area contributed by atoms with Gasteiger partial charge in [0.05, 0.1) is 12.2 Å². The van der Waals surface area contributed by atoms with E-state index in [-0.39, 0.29) is 5.91 Å². The van der Waals surface area contributed by atoms with Crippen molar-refractivity contribution in [3.63, 3.8) is 0 Å². The lowest BCUT2D eigenvalue weighted by atomic mass is 10.1. The van der Waals surface area contributed by atoms with Crippen LogP contribution >= 0.6 is 11.3 Å². The van der Waals surface area contributed by atoms with Crippen LogP contribution in [0.5, 0.6) is 0 Å². The number of aromatic nitrogens is 1. The maximum atomic E-state index is 12.5. The van der Waals surface area contributed by atoms with Gasteiger partial charge in [0.2, 0.25) is 0 Å². The lowest BCUT2D eigenvalue weighted by Crippen LogP contribution is -2.23. The molecule has 0 radical (unpaired) electrons. The molecule has 1 amide bonds. The first-order valence-corrected chi connectivity index (χ1v) is 10.3. The lowest BCUT2D eigenvalue weighted by molar-refractivity contribution is 0.0950. The molecule has 4 rings (SSSR count). The molecule has 2 heterocycles. The van der Waals surface area contributed by atoms with E-state index in [9.17, 15) is 4.79 Å². The summed E-state index contributed by atoms with van der Waals surface area (Å²) in [6, 6.07) is 18.0. The van der Waals surface area contributed by atoms with Gasteiger partial charge in [0, 0.05) is 23.1 Å². The minimum Gasteiger partial charge on any atom is -0.346 e. The van der Waals surface area contributed by atoms with Crippen LogP contribution in [0.4, 0.5) is 0 Å². The molecule has 4 nitrogen and oxygen atoms in total. The largest absolute Gasteiger partial charge is 0.346 e. The van der Waals surface area contributed by atoms with Crippen LogP contribution in [0, 0.1) is 0 Å². The van der Waals surface area contributed by atoms with Crippen LogP contribution < -0.4 is 5.32 Å². The number of nitrogens with one attached hydrogen (secondary N) is 1. The summed E-state index contributed by atoms with van der Waals surface area (Å²) in [4.78, 5) is 19.6. The third-order valence-corrected chi connectivity index (χ3v) is 5.66. The zero-order valence-electron chi connectivity index (χ0n) is 15.2. The SMILES string of the molecule is O=C(NCc1nc(-c2ccccc2)cs1)c1cccc(CN2CCCC2)c1. The van der Waals surface area contributed by atoms with Crippen molar-refractivity contribution in [1.29, 1.82) is 0 Å². The van der Waals surface area contributed by atoms with Crippen molar-refractivity contribution in [3.8, 4) is 11.3 Å². The number of amides is 1. The predicted molar refractivity (Wildman–Crippen MR) is 110 cm³/mol. The molecule has 1 N–H and O–H groups in total. The van der Waals surface area contributed by atoms with E-state index in [1.807, 2.05) is 53.9 Å². The Bertz CT molecular complexity index is 901. The van der Waals surface area contributed by atoms with Gasteiger partial charge in [-0.05, 0) is 43.6 Å². The Morgan fingerprint density at radius 1 is 1.07 bits per heavy atom. The molecule has 1 saturated heterocycles. The Balaban J connectivity index is 1.36. The van der Waals surface area contributed by atoms with E-state index in [4.69, 9.17) is 0 Å². The molecule has 0 atom stereocenters. The highest BCUT2D eigenvalue weighted by Gasteiger charge is 2.13. The molecule has 5 heteroatoms. The van der Waals surface area contributed by atoms with Crippen LogP contribution in [-0.2, 0) is 13.1 Å². The fourth-order valence-electron chi connectivity index (χ4n) is 3.40. The summed E-state index contributed by atoms with van der Waals surface area (Å²) in [7, 11) is 0. The van der Waals surface area contributed by atoms with Gasteiger partial charge in [-0.2, -0.15) is 0 Å². The zero-order chi connectivity index (χ0) is 18.5. The first-order chi connectivity index (χ1) is 13.3. The number of hydrogen-bond donors (Lipinski definition) is 1. The number of thiazole rings is 1. The first-order valence-electron chi connectivity index (χ1n) is 9.37. The predicted octanol–water partition coefficient (Wildman–Crippen LogP) is 4.34. The first kappa shape index (κ1) is 17.9. The third-order valence-electron chi connectivity index (χ3n) is 4.82. The van der Waals surface area contributed by atoms with E-state index < -0.39 is 0 Å². The molecular weight excluding hydrogens is 354 g/mol. The maximum absolute atomic E-state index is 12.5. The second kappa shape index (κ2) is 8.46. The Morgan fingerprint density at radius 3 is 2.70 bits per heavy atom. The fraction of sp³-hybridized carbons (Fsp3) is 0.273. The van der Waals surface area contributed by atoms with Gasteiger partial charge in [-0.25, -0.2) is 4.98 Å². The van der Waals surface area contributed by atoms with Gasteiger partial charge in [0.25, 0.3) is 5.91 Å². The van der Waals surface area contributed by atoms with Crippen molar-refractivity contribution < 1.29 is 4.79 Å². The quantitative estimate of drug-likeness (QED) is 0.695. The molecule has 0 saturated carbocycles. The minimum absolute atomic E-state index is 0.0465. The molecule has 0 bridgehead atoms. The molecule has 0 aliphatic carbocycles. The number of hydrogen-bond acceptors (Lipinski definition) is 4. The van der Waals surface area contributed by atoms with Crippen molar-refractivity contribution in [2.45, 2.75) is 25.9 Å². The summed E-state index contributed by atoms with van der Waals surface area (Å²) in [6.45, 7) is 3.69. The number of benzene rings is 2. The molecule has 0 unspecified atom stereocenters. The van der Waals surface area contributed by atoms with Crippen LogP contribution in [0.1, 0.15) is 33.8 Å². The molecule has 3 aromatic rings. The van der Waals surface area contributed by atoms with Crippen molar-refractivity contribution in [3.05, 3.63) is 76.1 Å². The van der Waals surface area contributed by atoms with E-state index in [0.29, 0.717) is 12.1 Å². The van der Waals surface area contributed by atoms with E-state index in [1.165, 1.54) is 18.4 Å². The Hall–Kier alpha value is -2.50. The van der Waals surface area contributed by atoms with Crippen molar-refractivity contribution in [1.82, 2.24) is 15.2 Å². The summed E-state index contributed by atoms with van der Waals surface area (Å²) in [5.41, 5.74) is 3.97. The zero-order valence-corrected chi connectivity index (χ0v) is 16.0. The van der Waals surface area contributed by atoms with Crippen LogP contribution in [-0.4, -0.2) is 28.9 Å². The van der Waals surface area contributed by atoms with E-state index >= 15 is 0 Å². The molecule has 0 spiro atoms. The molecular formula is C22H23N3OS. The van der Waals surface area contributed by atoms with Gasteiger partial charge in [-0.15, -0.1) is 11.3 Å². The van der Waals surface area contributed by atoms with Gasteiger partial charge in [-0.3, -0.25) is 9.69 Å². The topological polar surface area (TPSA) is 45.2 Å². The molecule has 1 fully saturated rings. The van der Waals surface area contributed by atoms with Gasteiger partial charge in [-0.1, -0.05) is 42.5 Å². The molecule has 1 aliphatic heterocycles. The minimum atomic E-state index is -0.0465. The number of likely N-dealkylation sites (tertiary alicyclic amines) is 1. The standard InChI is InChI=1S/C22H23N3OS/c26-22(19-10-6-7-17(13-19)15-25-11-4-5-12-25)23-14-21-24-20(16-27-21)18-8-2-1-3-9-18/h1-3,6-10,13,16H,4-5,11-12,14-15H2,(H,23,26). The van der Waals surface area contributed by atoms with Crippen molar-refractivity contribution in [2.24, 2.45) is 0 Å². The van der Waals surface area contributed by atoms with Crippen molar-refractivity contribution in [2.75, 3.05) is 13.1 Å². The molecule has 1 aromatic heterocycles. The molecule has 27 heavy (non-hydrogen) atoms. The van der Waals surface area contributed by atoms with Gasteiger partial charge in [0.1, 0.15) is 5.01 Å². The average Bonchev–Trinajstić information content (AvgIpc) is 3.39. The smallest absolute Gasteiger partial charge is 0.251 e. The van der Waals surface area contributed by atoms with Crippen LogP contribution in [0.3, 0.4) is 0 Å². The van der Waals surface area contributed by atoms with E-state index in [2.05, 4.69) is 21.3 Å². The summed E-state index contributed by atoms with van der Waals surface area (Å²) in [6.07, 6.45) is 2.55. The summed E-state index contributed by atoms with van der Waals surface area (Å²) in [5.74, 6) is -0.0465.